The zero-order valence-corrected chi connectivity index (χ0v) is 13.6. The molecule has 0 radical (unpaired) electrons. The van der Waals surface area contributed by atoms with E-state index in [1.165, 1.54) is 7.05 Å². The predicted molar refractivity (Wildman–Crippen MR) is 85.8 cm³/mol. The largest absolute Gasteiger partial charge is 0.398 e. The Kier molecular flexibility index (Phi) is 4.22. The minimum absolute atomic E-state index is 0.134. The van der Waals surface area contributed by atoms with Crippen molar-refractivity contribution < 1.29 is 8.42 Å². The first-order chi connectivity index (χ1) is 9.25. The first-order valence-electron chi connectivity index (χ1n) is 6.47. The lowest BCUT2D eigenvalue weighted by Crippen LogP contribution is -2.43. The summed E-state index contributed by atoms with van der Waals surface area (Å²) in [6, 6.07) is 5.15. The van der Waals surface area contributed by atoms with Gasteiger partial charge in [-0.3, -0.25) is 0 Å². The average Bonchev–Trinajstić information content (AvgIpc) is 2.37. The molecule has 1 fully saturated rings. The second kappa shape index (κ2) is 5.46. The summed E-state index contributed by atoms with van der Waals surface area (Å²) >= 11 is 1.96. The Hall–Kier alpha value is -0.920. The lowest BCUT2D eigenvalue weighted by atomic mass is 10.1. The molecule has 112 valence electrons. The van der Waals surface area contributed by atoms with Crippen molar-refractivity contribution in [2.75, 3.05) is 36.5 Å². The van der Waals surface area contributed by atoms with Crippen LogP contribution in [0.4, 0.5) is 11.4 Å². The SMILES string of the molecule is CNS(=O)(=O)c1ccc(N2CCSC(C)(C)C2)cc1N. The van der Waals surface area contributed by atoms with Crippen LogP contribution in [0.1, 0.15) is 13.8 Å². The van der Waals surface area contributed by atoms with E-state index < -0.39 is 10.0 Å². The minimum atomic E-state index is -3.50. The highest BCUT2D eigenvalue weighted by Gasteiger charge is 2.27. The van der Waals surface area contributed by atoms with Gasteiger partial charge in [-0.05, 0) is 39.1 Å². The molecule has 2 rings (SSSR count). The number of nitrogens with two attached hydrogens (primary N) is 1. The number of hydrogen-bond acceptors (Lipinski definition) is 5. The third-order valence-electron chi connectivity index (χ3n) is 3.34. The standard InChI is InChI=1S/C13H21N3O2S2/c1-13(2)9-16(6-7-19-13)10-4-5-12(11(14)8-10)20(17,18)15-3/h4-5,8,15H,6-7,9,14H2,1-3H3. The van der Waals surface area contributed by atoms with Crippen LogP contribution in [0.2, 0.25) is 0 Å². The van der Waals surface area contributed by atoms with Crippen LogP contribution in [0, 0.1) is 0 Å². The maximum atomic E-state index is 11.8. The molecule has 0 aromatic heterocycles. The number of benzene rings is 1. The van der Waals surface area contributed by atoms with Gasteiger partial charge in [-0.2, -0.15) is 11.8 Å². The highest BCUT2D eigenvalue weighted by atomic mass is 32.2. The lowest BCUT2D eigenvalue weighted by Gasteiger charge is -2.39. The number of sulfonamides is 1. The number of nitrogen functional groups attached to an aromatic ring is 1. The van der Waals surface area contributed by atoms with Crippen molar-refractivity contribution in [2.45, 2.75) is 23.5 Å². The van der Waals surface area contributed by atoms with Crippen LogP contribution in [0.25, 0.3) is 0 Å². The van der Waals surface area contributed by atoms with Crippen molar-refractivity contribution in [3.63, 3.8) is 0 Å². The Morgan fingerprint density at radius 2 is 2.10 bits per heavy atom. The Morgan fingerprint density at radius 1 is 1.40 bits per heavy atom. The first-order valence-corrected chi connectivity index (χ1v) is 8.94. The number of nitrogens with zero attached hydrogens (tertiary/aromatic N) is 1. The van der Waals surface area contributed by atoms with Gasteiger partial charge in [0.15, 0.2) is 0 Å². The van der Waals surface area contributed by atoms with Crippen molar-refractivity contribution in [1.82, 2.24) is 4.72 Å². The summed E-state index contributed by atoms with van der Waals surface area (Å²) in [5.41, 5.74) is 7.17. The van der Waals surface area contributed by atoms with Crippen LogP contribution >= 0.6 is 11.8 Å². The van der Waals surface area contributed by atoms with Gasteiger partial charge in [0.1, 0.15) is 4.90 Å². The van der Waals surface area contributed by atoms with E-state index in [1.54, 1.807) is 12.1 Å². The summed E-state index contributed by atoms with van der Waals surface area (Å²) in [5.74, 6) is 1.06. The van der Waals surface area contributed by atoms with Crippen molar-refractivity contribution >= 4 is 33.2 Å². The van der Waals surface area contributed by atoms with Gasteiger partial charge in [0.05, 0.1) is 5.69 Å². The second-order valence-corrected chi connectivity index (χ2v) is 9.12. The predicted octanol–water partition coefficient (Wildman–Crippen LogP) is 1.51. The van der Waals surface area contributed by atoms with Crippen LogP contribution < -0.4 is 15.4 Å². The number of nitrogens with one attached hydrogen (secondary N) is 1. The van der Waals surface area contributed by atoms with Gasteiger partial charge in [0, 0.05) is 29.3 Å². The highest BCUT2D eigenvalue weighted by Crippen LogP contribution is 2.33. The third kappa shape index (κ3) is 3.21. The smallest absolute Gasteiger partial charge is 0.242 e. The van der Waals surface area contributed by atoms with Crippen molar-refractivity contribution in [2.24, 2.45) is 0 Å². The molecule has 1 aliphatic heterocycles. The van der Waals surface area contributed by atoms with E-state index >= 15 is 0 Å². The molecule has 3 N–H and O–H groups in total. The van der Waals surface area contributed by atoms with Gasteiger partial charge in [-0.25, -0.2) is 13.1 Å². The normalized spacial score (nSPS) is 19.1. The molecule has 0 amide bonds. The Balaban J connectivity index is 2.30. The summed E-state index contributed by atoms with van der Waals surface area (Å²) in [4.78, 5) is 2.39. The van der Waals surface area contributed by atoms with Gasteiger partial charge >= 0.3 is 0 Å². The monoisotopic (exact) mass is 315 g/mol. The molecule has 0 aliphatic carbocycles. The molecule has 1 heterocycles. The van der Waals surface area contributed by atoms with Crippen molar-refractivity contribution in [1.29, 1.82) is 0 Å². The van der Waals surface area contributed by atoms with Crippen LogP contribution in [-0.4, -0.2) is 39.1 Å². The molecule has 5 nitrogen and oxygen atoms in total. The van der Waals surface area contributed by atoms with E-state index in [9.17, 15) is 8.42 Å². The average molecular weight is 315 g/mol. The minimum Gasteiger partial charge on any atom is -0.398 e. The number of rotatable bonds is 3. The lowest BCUT2D eigenvalue weighted by molar-refractivity contribution is 0.588. The Labute approximate surface area is 125 Å². The maximum absolute atomic E-state index is 11.8. The topological polar surface area (TPSA) is 75.4 Å². The molecule has 0 spiro atoms. The zero-order valence-electron chi connectivity index (χ0n) is 12.0. The summed E-state index contributed by atoms with van der Waals surface area (Å²) in [7, 11) is -2.11. The molecule has 1 aromatic rings. The molecule has 1 aliphatic rings. The van der Waals surface area contributed by atoms with Gasteiger partial charge in [0.2, 0.25) is 10.0 Å². The molecule has 0 unspecified atom stereocenters. The summed E-state index contributed by atoms with van der Waals surface area (Å²) in [6.07, 6.45) is 0. The third-order valence-corrected chi connectivity index (χ3v) is 6.13. The fourth-order valence-electron chi connectivity index (χ4n) is 2.32. The first kappa shape index (κ1) is 15.5. The fraction of sp³-hybridized carbons (Fsp3) is 0.538. The molecule has 1 saturated heterocycles. The van der Waals surface area contributed by atoms with E-state index in [-0.39, 0.29) is 15.3 Å². The number of hydrogen-bond donors (Lipinski definition) is 2. The molecular formula is C13H21N3O2S2. The molecule has 7 heteroatoms. The summed E-state index contributed by atoms with van der Waals surface area (Å²) in [6.45, 7) is 6.31. The van der Waals surface area contributed by atoms with E-state index in [0.717, 1.165) is 24.5 Å². The molecule has 0 atom stereocenters. The van der Waals surface area contributed by atoms with E-state index in [4.69, 9.17) is 5.73 Å². The van der Waals surface area contributed by atoms with Crippen LogP contribution in [0.15, 0.2) is 23.1 Å². The van der Waals surface area contributed by atoms with Crippen molar-refractivity contribution in [3.8, 4) is 0 Å². The fourth-order valence-corrected chi connectivity index (χ4v) is 4.27. The zero-order chi connectivity index (χ0) is 15.0. The Bertz CT molecular complexity index is 600. The van der Waals surface area contributed by atoms with Crippen LogP contribution in [-0.2, 0) is 10.0 Å². The number of anilines is 2. The van der Waals surface area contributed by atoms with Crippen molar-refractivity contribution in [3.05, 3.63) is 18.2 Å². The highest BCUT2D eigenvalue weighted by molar-refractivity contribution is 8.00. The van der Waals surface area contributed by atoms with Gasteiger partial charge in [-0.15, -0.1) is 0 Å². The molecular weight excluding hydrogens is 294 g/mol. The molecule has 20 heavy (non-hydrogen) atoms. The van der Waals surface area contributed by atoms with E-state index in [1.807, 2.05) is 17.8 Å². The van der Waals surface area contributed by atoms with E-state index in [0.29, 0.717) is 0 Å². The molecule has 0 bridgehead atoms. The van der Waals surface area contributed by atoms with Gasteiger partial charge in [0.25, 0.3) is 0 Å². The van der Waals surface area contributed by atoms with Gasteiger partial charge in [-0.1, -0.05) is 0 Å². The van der Waals surface area contributed by atoms with Crippen LogP contribution in [0.3, 0.4) is 0 Å². The summed E-state index contributed by atoms with van der Waals surface area (Å²) < 4.78 is 26.1. The van der Waals surface area contributed by atoms with E-state index in [2.05, 4.69) is 23.5 Å². The summed E-state index contributed by atoms with van der Waals surface area (Å²) in [5, 5.41) is 0. The van der Waals surface area contributed by atoms with Gasteiger partial charge < -0.3 is 10.6 Å². The molecule has 0 saturated carbocycles. The van der Waals surface area contributed by atoms with Crippen LogP contribution in [0.5, 0.6) is 0 Å². The number of thioether (sulfide) groups is 1. The molecule has 1 aromatic carbocycles. The quantitative estimate of drug-likeness (QED) is 0.827. The second-order valence-electron chi connectivity index (χ2n) is 5.46. The maximum Gasteiger partial charge on any atom is 0.242 e. The Morgan fingerprint density at radius 3 is 2.65 bits per heavy atom.